The minimum Gasteiger partial charge on any atom is -0.388 e. The van der Waals surface area contributed by atoms with Crippen LogP contribution in [0.15, 0.2) is 18.2 Å². The van der Waals surface area contributed by atoms with Crippen LogP contribution in [0.1, 0.15) is 44.3 Å². The zero-order chi connectivity index (χ0) is 14.0. The Balaban J connectivity index is 2.31. The lowest BCUT2D eigenvalue weighted by Crippen LogP contribution is -2.34. The van der Waals surface area contributed by atoms with Gasteiger partial charge in [-0.3, -0.25) is 0 Å². The second kappa shape index (κ2) is 6.01. The summed E-state index contributed by atoms with van der Waals surface area (Å²) in [6.45, 7) is 2.67. The van der Waals surface area contributed by atoms with E-state index in [0.29, 0.717) is 28.1 Å². The molecule has 0 heterocycles. The van der Waals surface area contributed by atoms with E-state index in [2.05, 4.69) is 6.92 Å². The van der Waals surface area contributed by atoms with Crippen molar-refractivity contribution in [1.82, 2.24) is 0 Å². The fourth-order valence-corrected chi connectivity index (χ4v) is 3.62. The Morgan fingerprint density at radius 1 is 1.47 bits per heavy atom. The van der Waals surface area contributed by atoms with E-state index < -0.39 is 6.10 Å². The largest absolute Gasteiger partial charge is 0.388 e. The smallest absolute Gasteiger partial charge is 0.0873 e. The molecule has 0 radical (unpaired) electrons. The first-order valence-corrected chi connectivity index (χ1v) is 7.61. The van der Waals surface area contributed by atoms with Crippen LogP contribution in [0, 0.1) is 11.3 Å². The average molecular weight is 302 g/mol. The average Bonchev–Trinajstić information content (AvgIpc) is 2.85. The monoisotopic (exact) mass is 301 g/mol. The maximum atomic E-state index is 10.8. The van der Waals surface area contributed by atoms with Gasteiger partial charge in [0.25, 0.3) is 0 Å². The molecule has 0 spiro atoms. The molecule has 0 saturated heterocycles. The van der Waals surface area contributed by atoms with Gasteiger partial charge in [-0.25, -0.2) is 0 Å². The van der Waals surface area contributed by atoms with Crippen LogP contribution in [0.25, 0.3) is 0 Å². The summed E-state index contributed by atoms with van der Waals surface area (Å²) in [5, 5.41) is 11.9. The highest BCUT2D eigenvalue weighted by Crippen LogP contribution is 2.51. The molecule has 1 saturated carbocycles. The molecule has 1 aliphatic rings. The van der Waals surface area contributed by atoms with Gasteiger partial charge in [0.05, 0.1) is 6.10 Å². The molecule has 19 heavy (non-hydrogen) atoms. The molecule has 1 aromatic carbocycles. The zero-order valence-electron chi connectivity index (χ0n) is 11.2. The van der Waals surface area contributed by atoms with E-state index >= 15 is 0 Å². The van der Waals surface area contributed by atoms with Crippen LogP contribution in [-0.4, -0.2) is 11.7 Å². The standard InChI is InChI=1S/C15H21Cl2NO/c1-2-10-5-6-15(8-10,9-18)14(19)12-7-11(16)3-4-13(12)17/h3-4,7,10,14,19H,2,5-6,8-9,18H2,1H3. The molecular weight excluding hydrogens is 281 g/mol. The third-order valence-electron chi connectivity index (χ3n) is 4.56. The number of rotatable bonds is 4. The number of nitrogens with two attached hydrogens (primary N) is 1. The van der Waals surface area contributed by atoms with E-state index in [1.165, 1.54) is 0 Å². The molecule has 1 fully saturated rings. The van der Waals surface area contributed by atoms with Crippen molar-refractivity contribution in [3.05, 3.63) is 33.8 Å². The van der Waals surface area contributed by atoms with Crippen LogP contribution >= 0.6 is 23.2 Å². The maximum absolute atomic E-state index is 10.8. The summed E-state index contributed by atoms with van der Waals surface area (Å²) in [6, 6.07) is 5.23. The van der Waals surface area contributed by atoms with Crippen molar-refractivity contribution >= 4 is 23.2 Å². The molecule has 4 heteroatoms. The molecule has 0 aliphatic heterocycles. The minimum atomic E-state index is -0.639. The minimum absolute atomic E-state index is 0.255. The number of hydrogen-bond donors (Lipinski definition) is 2. The molecule has 2 rings (SSSR count). The summed E-state index contributed by atoms with van der Waals surface area (Å²) in [7, 11) is 0. The summed E-state index contributed by atoms with van der Waals surface area (Å²) in [5.41, 5.74) is 6.43. The highest BCUT2D eigenvalue weighted by atomic mass is 35.5. The van der Waals surface area contributed by atoms with Gasteiger partial charge in [-0.05, 0) is 43.4 Å². The van der Waals surface area contributed by atoms with E-state index in [0.717, 1.165) is 25.7 Å². The van der Waals surface area contributed by atoms with Crippen LogP contribution in [-0.2, 0) is 0 Å². The van der Waals surface area contributed by atoms with E-state index in [4.69, 9.17) is 28.9 Å². The van der Waals surface area contributed by atoms with Gasteiger partial charge in [0.1, 0.15) is 0 Å². The van der Waals surface area contributed by atoms with E-state index in [1.807, 2.05) is 0 Å². The Kier molecular flexibility index (Phi) is 4.78. The summed E-state index contributed by atoms with van der Waals surface area (Å²) in [6.07, 6.45) is 3.54. The first kappa shape index (κ1) is 15.1. The van der Waals surface area contributed by atoms with E-state index in [-0.39, 0.29) is 5.41 Å². The molecule has 1 aromatic rings. The van der Waals surface area contributed by atoms with Crippen LogP contribution < -0.4 is 5.73 Å². The summed E-state index contributed by atoms with van der Waals surface area (Å²) in [4.78, 5) is 0. The Bertz CT molecular complexity index is 452. The van der Waals surface area contributed by atoms with Crippen molar-refractivity contribution in [3.63, 3.8) is 0 Å². The van der Waals surface area contributed by atoms with Crippen LogP contribution in [0.2, 0.25) is 10.0 Å². The highest BCUT2D eigenvalue weighted by molar-refractivity contribution is 6.33. The number of aliphatic hydroxyl groups is 1. The molecule has 0 aromatic heterocycles. The Hall–Kier alpha value is -0.280. The molecule has 1 aliphatic carbocycles. The van der Waals surface area contributed by atoms with Crippen molar-refractivity contribution in [2.75, 3.05) is 6.54 Å². The molecule has 3 atom stereocenters. The van der Waals surface area contributed by atoms with Gasteiger partial charge in [-0.1, -0.05) is 36.5 Å². The molecular formula is C15H21Cl2NO. The summed E-state index contributed by atoms with van der Waals surface area (Å²) < 4.78 is 0. The normalized spacial score (nSPS) is 28.6. The predicted octanol–water partition coefficient (Wildman–Crippen LogP) is 4.18. The third kappa shape index (κ3) is 2.92. The van der Waals surface area contributed by atoms with Gasteiger partial charge in [0.15, 0.2) is 0 Å². The van der Waals surface area contributed by atoms with Crippen LogP contribution in [0.4, 0.5) is 0 Å². The molecule has 2 nitrogen and oxygen atoms in total. The van der Waals surface area contributed by atoms with Gasteiger partial charge in [0.2, 0.25) is 0 Å². The summed E-state index contributed by atoms with van der Waals surface area (Å²) >= 11 is 12.2. The Morgan fingerprint density at radius 2 is 2.21 bits per heavy atom. The lowest BCUT2D eigenvalue weighted by Gasteiger charge is -2.34. The molecule has 0 amide bonds. The number of hydrogen-bond acceptors (Lipinski definition) is 2. The highest BCUT2D eigenvalue weighted by Gasteiger charge is 2.44. The quantitative estimate of drug-likeness (QED) is 0.876. The lowest BCUT2D eigenvalue weighted by atomic mass is 9.76. The SMILES string of the molecule is CCC1CCC(CN)(C(O)c2cc(Cl)ccc2Cl)C1. The third-order valence-corrected chi connectivity index (χ3v) is 5.14. The Morgan fingerprint density at radius 3 is 2.79 bits per heavy atom. The maximum Gasteiger partial charge on any atom is 0.0873 e. The fourth-order valence-electron chi connectivity index (χ4n) is 3.22. The molecule has 0 bridgehead atoms. The van der Waals surface area contributed by atoms with Crippen molar-refractivity contribution in [1.29, 1.82) is 0 Å². The van der Waals surface area contributed by atoms with Gasteiger partial charge in [0, 0.05) is 27.6 Å². The van der Waals surface area contributed by atoms with Gasteiger partial charge >= 0.3 is 0 Å². The molecule has 3 unspecified atom stereocenters. The fraction of sp³-hybridized carbons (Fsp3) is 0.600. The number of aliphatic hydroxyl groups excluding tert-OH is 1. The van der Waals surface area contributed by atoms with Gasteiger partial charge in [-0.2, -0.15) is 0 Å². The lowest BCUT2D eigenvalue weighted by molar-refractivity contribution is 0.0302. The van der Waals surface area contributed by atoms with Crippen molar-refractivity contribution in [3.8, 4) is 0 Å². The first-order chi connectivity index (χ1) is 9.02. The van der Waals surface area contributed by atoms with Crippen LogP contribution in [0.5, 0.6) is 0 Å². The van der Waals surface area contributed by atoms with Crippen LogP contribution in [0.3, 0.4) is 0 Å². The first-order valence-electron chi connectivity index (χ1n) is 6.85. The van der Waals surface area contributed by atoms with Crippen molar-refractivity contribution in [2.45, 2.75) is 38.7 Å². The predicted molar refractivity (Wildman–Crippen MR) is 80.5 cm³/mol. The topological polar surface area (TPSA) is 46.2 Å². The van der Waals surface area contributed by atoms with E-state index in [1.54, 1.807) is 18.2 Å². The molecule has 106 valence electrons. The van der Waals surface area contributed by atoms with Gasteiger partial charge in [-0.15, -0.1) is 0 Å². The second-order valence-electron chi connectivity index (χ2n) is 5.65. The zero-order valence-corrected chi connectivity index (χ0v) is 12.7. The second-order valence-corrected chi connectivity index (χ2v) is 6.50. The Labute approximate surface area is 124 Å². The van der Waals surface area contributed by atoms with Crippen molar-refractivity contribution < 1.29 is 5.11 Å². The molecule has 3 N–H and O–H groups in total. The number of halogens is 2. The van der Waals surface area contributed by atoms with E-state index in [9.17, 15) is 5.11 Å². The number of benzene rings is 1. The van der Waals surface area contributed by atoms with Crippen molar-refractivity contribution in [2.24, 2.45) is 17.1 Å². The summed E-state index contributed by atoms with van der Waals surface area (Å²) in [5.74, 6) is 0.649. The van der Waals surface area contributed by atoms with Gasteiger partial charge < -0.3 is 10.8 Å².